The average Bonchev–Trinajstić information content (AvgIpc) is 2.83. The van der Waals surface area contributed by atoms with Crippen LogP contribution < -0.4 is 4.74 Å². The molecule has 0 radical (unpaired) electrons. The fourth-order valence-electron chi connectivity index (χ4n) is 2.56. The van der Waals surface area contributed by atoms with E-state index in [-0.39, 0.29) is 12.5 Å². The molecule has 6 heteroatoms. The quantitative estimate of drug-likeness (QED) is 0.901. The van der Waals surface area contributed by atoms with Crippen molar-refractivity contribution in [1.29, 1.82) is 0 Å². The van der Waals surface area contributed by atoms with Gasteiger partial charge >= 0.3 is 0 Å². The zero-order valence-electron chi connectivity index (χ0n) is 11.9. The average molecular weight is 332 g/mol. The molecule has 116 valence electrons. The van der Waals surface area contributed by atoms with E-state index in [2.05, 4.69) is 0 Å². The summed E-state index contributed by atoms with van der Waals surface area (Å²) in [5.41, 5.74) is -0.748. The summed E-state index contributed by atoms with van der Waals surface area (Å²) in [7, 11) is 1.67. The summed E-state index contributed by atoms with van der Waals surface area (Å²) < 4.78 is 5.41. The molecule has 1 aromatic carbocycles. The second kappa shape index (κ2) is 6.86. The lowest BCUT2D eigenvalue weighted by Crippen LogP contribution is -2.43. The molecule has 0 atom stereocenters. The minimum Gasteiger partial charge on any atom is -0.482 e. The van der Waals surface area contributed by atoms with Crippen molar-refractivity contribution >= 4 is 29.1 Å². The molecule has 0 aromatic heterocycles. The minimum atomic E-state index is -0.748. The van der Waals surface area contributed by atoms with Crippen LogP contribution in [0.15, 0.2) is 18.2 Å². The Morgan fingerprint density at radius 1 is 1.38 bits per heavy atom. The lowest BCUT2D eigenvalue weighted by molar-refractivity contribution is -0.135. The fourth-order valence-corrected chi connectivity index (χ4v) is 3.03. The van der Waals surface area contributed by atoms with Crippen LogP contribution in [0.25, 0.3) is 0 Å². The molecule has 1 N–H and O–H groups in total. The lowest BCUT2D eigenvalue weighted by atomic mass is 10.0. The van der Waals surface area contributed by atoms with Crippen LogP contribution in [0, 0.1) is 0 Å². The number of hydrogen-bond donors (Lipinski definition) is 1. The zero-order valence-corrected chi connectivity index (χ0v) is 13.5. The van der Waals surface area contributed by atoms with Crippen molar-refractivity contribution in [1.82, 2.24) is 4.90 Å². The third kappa shape index (κ3) is 4.50. The molecule has 2 rings (SSSR count). The van der Waals surface area contributed by atoms with Gasteiger partial charge in [0.05, 0.1) is 10.6 Å². The van der Waals surface area contributed by atoms with Crippen molar-refractivity contribution in [3.8, 4) is 5.75 Å². The van der Waals surface area contributed by atoms with Gasteiger partial charge in [0.15, 0.2) is 6.61 Å². The fraction of sp³-hybridized carbons (Fsp3) is 0.533. The molecule has 0 aliphatic heterocycles. The molecule has 1 amide bonds. The normalized spacial score (nSPS) is 16.8. The van der Waals surface area contributed by atoms with Gasteiger partial charge in [0.2, 0.25) is 0 Å². The maximum absolute atomic E-state index is 12.0. The van der Waals surface area contributed by atoms with Crippen LogP contribution in [0.4, 0.5) is 0 Å². The number of nitrogens with zero attached hydrogens (tertiary/aromatic N) is 1. The standard InChI is InChI=1S/C15H19Cl2NO3/c1-18(10-15(20)6-2-3-7-15)14(19)9-21-13-5-4-11(16)8-12(13)17/h4-5,8,20H,2-3,6-7,9-10H2,1H3. The van der Waals surface area contributed by atoms with E-state index in [4.69, 9.17) is 27.9 Å². The first-order valence-corrected chi connectivity index (χ1v) is 7.69. The van der Waals surface area contributed by atoms with E-state index in [1.807, 2.05) is 0 Å². The first-order valence-electron chi connectivity index (χ1n) is 6.94. The maximum Gasteiger partial charge on any atom is 0.260 e. The van der Waals surface area contributed by atoms with E-state index < -0.39 is 5.60 Å². The van der Waals surface area contributed by atoms with Crippen LogP contribution in [-0.2, 0) is 4.79 Å². The summed E-state index contributed by atoms with van der Waals surface area (Å²) >= 11 is 11.8. The molecule has 4 nitrogen and oxygen atoms in total. The molecule has 21 heavy (non-hydrogen) atoms. The number of rotatable bonds is 5. The Labute approximate surface area is 134 Å². The van der Waals surface area contributed by atoms with Crippen molar-refractivity contribution < 1.29 is 14.6 Å². The summed E-state index contributed by atoms with van der Waals surface area (Å²) in [6.45, 7) is 0.220. The predicted octanol–water partition coefficient (Wildman–Crippen LogP) is 3.14. The minimum absolute atomic E-state index is 0.117. The van der Waals surface area contributed by atoms with Crippen LogP contribution >= 0.6 is 23.2 Å². The molecule has 0 unspecified atom stereocenters. The van der Waals surface area contributed by atoms with Gasteiger partial charge in [0.25, 0.3) is 5.91 Å². The second-order valence-corrected chi connectivity index (χ2v) is 6.39. The molecule has 1 fully saturated rings. The van der Waals surface area contributed by atoms with E-state index >= 15 is 0 Å². The summed E-state index contributed by atoms with van der Waals surface area (Å²) in [4.78, 5) is 13.6. The Morgan fingerprint density at radius 3 is 2.67 bits per heavy atom. The van der Waals surface area contributed by atoms with E-state index in [0.717, 1.165) is 25.7 Å². The van der Waals surface area contributed by atoms with Gasteiger partial charge in [0.1, 0.15) is 5.75 Å². The van der Waals surface area contributed by atoms with E-state index in [1.165, 1.54) is 4.90 Å². The number of likely N-dealkylation sites (N-methyl/N-ethyl adjacent to an activating group) is 1. The van der Waals surface area contributed by atoms with Crippen molar-refractivity contribution in [2.24, 2.45) is 0 Å². The van der Waals surface area contributed by atoms with Crippen LogP contribution in [-0.4, -0.2) is 41.7 Å². The number of halogens is 2. The van der Waals surface area contributed by atoms with Gasteiger partial charge in [-0.25, -0.2) is 0 Å². The number of carbonyl (C=O) groups excluding carboxylic acids is 1. The highest BCUT2D eigenvalue weighted by atomic mass is 35.5. The van der Waals surface area contributed by atoms with Crippen LogP contribution in [0.5, 0.6) is 5.75 Å². The van der Waals surface area contributed by atoms with Crippen molar-refractivity contribution in [2.75, 3.05) is 20.2 Å². The molecule has 0 heterocycles. The van der Waals surface area contributed by atoms with E-state index in [0.29, 0.717) is 22.3 Å². The smallest absolute Gasteiger partial charge is 0.260 e. The molecule has 0 bridgehead atoms. The Hall–Kier alpha value is -0.970. The molecule has 1 aliphatic rings. The molecular formula is C15H19Cl2NO3. The Kier molecular flexibility index (Phi) is 5.36. The van der Waals surface area contributed by atoms with Crippen molar-refractivity contribution in [3.05, 3.63) is 28.2 Å². The van der Waals surface area contributed by atoms with E-state index in [9.17, 15) is 9.90 Å². The van der Waals surface area contributed by atoms with E-state index in [1.54, 1.807) is 25.2 Å². The highest BCUT2D eigenvalue weighted by Gasteiger charge is 2.33. The van der Waals surface area contributed by atoms with Gasteiger partial charge in [-0.3, -0.25) is 4.79 Å². The molecule has 1 aliphatic carbocycles. The number of benzene rings is 1. The molecular weight excluding hydrogens is 313 g/mol. The van der Waals surface area contributed by atoms with Gasteiger partial charge in [-0.15, -0.1) is 0 Å². The van der Waals surface area contributed by atoms with Crippen LogP contribution in [0.3, 0.4) is 0 Å². The number of aliphatic hydroxyl groups is 1. The monoisotopic (exact) mass is 331 g/mol. The number of carbonyl (C=O) groups is 1. The van der Waals surface area contributed by atoms with Gasteiger partial charge in [-0.2, -0.15) is 0 Å². The van der Waals surface area contributed by atoms with Gasteiger partial charge in [-0.1, -0.05) is 36.0 Å². The molecule has 1 aromatic rings. The second-order valence-electron chi connectivity index (χ2n) is 5.54. The Bertz CT molecular complexity index is 516. The van der Waals surface area contributed by atoms with Gasteiger partial charge in [0, 0.05) is 18.6 Å². The topological polar surface area (TPSA) is 49.8 Å². The summed E-state index contributed by atoms with van der Waals surface area (Å²) in [6, 6.07) is 4.84. The third-order valence-electron chi connectivity index (χ3n) is 3.74. The molecule has 0 saturated heterocycles. The first-order chi connectivity index (χ1) is 9.89. The van der Waals surface area contributed by atoms with Gasteiger partial charge < -0.3 is 14.7 Å². The van der Waals surface area contributed by atoms with Crippen LogP contribution in [0.2, 0.25) is 10.0 Å². The Balaban J connectivity index is 1.86. The number of ether oxygens (including phenoxy) is 1. The Morgan fingerprint density at radius 2 is 2.05 bits per heavy atom. The van der Waals surface area contributed by atoms with Gasteiger partial charge in [-0.05, 0) is 31.0 Å². The zero-order chi connectivity index (χ0) is 15.5. The van der Waals surface area contributed by atoms with Crippen LogP contribution in [0.1, 0.15) is 25.7 Å². The number of amides is 1. The SMILES string of the molecule is CN(CC1(O)CCCC1)C(=O)COc1ccc(Cl)cc1Cl. The van der Waals surface area contributed by atoms with Crippen molar-refractivity contribution in [2.45, 2.75) is 31.3 Å². The largest absolute Gasteiger partial charge is 0.482 e. The highest BCUT2D eigenvalue weighted by molar-refractivity contribution is 6.35. The third-order valence-corrected chi connectivity index (χ3v) is 4.27. The lowest BCUT2D eigenvalue weighted by Gasteiger charge is -2.28. The maximum atomic E-state index is 12.0. The first kappa shape index (κ1) is 16.4. The summed E-state index contributed by atoms with van der Waals surface area (Å²) in [5, 5.41) is 11.2. The van der Waals surface area contributed by atoms with Crippen molar-refractivity contribution in [3.63, 3.8) is 0 Å². The molecule has 1 saturated carbocycles. The summed E-state index contributed by atoms with van der Waals surface area (Å²) in [5.74, 6) is 0.226. The highest BCUT2D eigenvalue weighted by Crippen LogP contribution is 2.30. The number of hydrogen-bond acceptors (Lipinski definition) is 3. The predicted molar refractivity (Wildman–Crippen MR) is 83.0 cm³/mol. The summed E-state index contributed by atoms with van der Waals surface area (Å²) in [6.07, 6.45) is 3.51. The molecule has 0 spiro atoms.